The van der Waals surface area contributed by atoms with Crippen LogP contribution in [-0.4, -0.2) is 74.8 Å². The summed E-state index contributed by atoms with van der Waals surface area (Å²) in [4.78, 5) is 4.79. The second-order valence-corrected chi connectivity index (χ2v) is 10.9. The number of fused-ring (bicyclic) bond motifs is 2. The zero-order valence-electron chi connectivity index (χ0n) is 16.4. The minimum atomic E-state index is -3.29. The van der Waals surface area contributed by atoms with E-state index in [0.717, 1.165) is 39.3 Å². The summed E-state index contributed by atoms with van der Waals surface area (Å²) < 4.78 is 25.3. The molecule has 4 heterocycles. The maximum Gasteiger partial charge on any atom is 0.876 e. The topological polar surface area (TPSA) is 43.4 Å². The van der Waals surface area contributed by atoms with E-state index in [1.54, 1.807) is 0 Å². The average Bonchev–Trinajstić information content (AvgIpc) is 3.42. The molecule has 6 rings (SSSR count). The monoisotopic (exact) mass is 409 g/mol. The molecule has 0 saturated carbocycles. The predicted octanol–water partition coefficient (Wildman–Crippen LogP) is 2.02. The highest BCUT2D eigenvalue weighted by molar-refractivity contribution is 6.55. The molecule has 0 aliphatic carbocycles. The Labute approximate surface area is 174 Å². The van der Waals surface area contributed by atoms with Crippen molar-refractivity contribution in [3.63, 3.8) is 0 Å². The molecule has 29 heavy (non-hydrogen) atoms. The summed E-state index contributed by atoms with van der Waals surface area (Å²) in [7, 11) is 0. The molecule has 7 heteroatoms. The average molecular weight is 409 g/mol. The highest BCUT2D eigenvalue weighted by Crippen LogP contribution is 2.40. The van der Waals surface area contributed by atoms with E-state index in [9.17, 15) is 0 Å². The molecule has 2 aromatic carbocycles. The van der Waals surface area contributed by atoms with E-state index >= 15 is 0 Å². The van der Waals surface area contributed by atoms with Crippen LogP contribution in [0.15, 0.2) is 60.7 Å². The minimum Gasteiger partial charge on any atom is -0.582 e. The number of likely N-dealkylation sites (tertiary alicyclic amines) is 2. The van der Waals surface area contributed by atoms with Gasteiger partial charge in [-0.15, -0.1) is 0 Å². The summed E-state index contributed by atoms with van der Waals surface area (Å²) in [6, 6.07) is 21.1. The molecule has 6 nitrogen and oxygen atoms in total. The van der Waals surface area contributed by atoms with Gasteiger partial charge in [0.05, 0.1) is 0 Å². The minimum absolute atomic E-state index is 0.0722. The van der Waals surface area contributed by atoms with Crippen molar-refractivity contribution in [2.75, 3.05) is 26.2 Å². The lowest BCUT2D eigenvalue weighted by atomic mass is 10.2. The van der Waals surface area contributed by atoms with Crippen LogP contribution in [0.5, 0.6) is 0 Å². The van der Waals surface area contributed by atoms with Gasteiger partial charge < -0.3 is 15.2 Å². The fraction of sp³-hybridized carbons (Fsp3) is 0.455. The molecule has 0 aromatic heterocycles. The van der Waals surface area contributed by atoms with Gasteiger partial charge in [-0.3, -0.25) is 9.80 Å². The van der Waals surface area contributed by atoms with E-state index in [1.165, 1.54) is 11.1 Å². The third kappa shape index (κ3) is 3.67. The third-order valence-corrected chi connectivity index (χ3v) is 9.18. The van der Waals surface area contributed by atoms with Gasteiger partial charge in [0.1, 0.15) is 0 Å². The summed E-state index contributed by atoms with van der Waals surface area (Å²) in [5.41, 5.74) is 2.64. The van der Waals surface area contributed by atoms with Crippen molar-refractivity contribution in [3.05, 3.63) is 71.8 Å². The van der Waals surface area contributed by atoms with Gasteiger partial charge in [-0.1, -0.05) is 60.7 Å². The van der Waals surface area contributed by atoms with E-state index in [2.05, 4.69) is 70.5 Å². The fourth-order valence-electron chi connectivity index (χ4n) is 5.15. The maximum absolute atomic E-state index is 6.33. The lowest BCUT2D eigenvalue weighted by molar-refractivity contribution is 0.0387. The van der Waals surface area contributed by atoms with Crippen molar-refractivity contribution in [2.45, 2.75) is 37.5 Å². The standard InChI is InChI=1S/2C11H13NO2.Al/c2*13-10-7-12(8-11(10)14)6-9-4-2-1-3-5-9;/h2*1-5,10-11H,6-8H2;/q2*-2;+3/t2*10-,11-;/m00./s1. The summed E-state index contributed by atoms with van der Waals surface area (Å²) >= 11 is -3.29. The first-order valence-electron chi connectivity index (χ1n) is 10.6. The Morgan fingerprint density at radius 1 is 0.586 bits per heavy atom. The molecule has 4 aliphatic rings. The van der Waals surface area contributed by atoms with Crippen molar-refractivity contribution in [3.8, 4) is 0 Å². The SMILES string of the molecule is c1ccc(CN2C[C@@H]3[O][Al-]4([O][C@H]3C2)[O][C@H]2CN(Cc3ccccc3)C[C@@H]2[O]4)cc1. The zero-order chi connectivity index (χ0) is 19.3. The van der Waals surface area contributed by atoms with Gasteiger partial charge in [-0.05, 0) is 11.1 Å². The molecule has 0 unspecified atom stereocenters. The normalized spacial score (nSPS) is 33.4. The van der Waals surface area contributed by atoms with Crippen LogP contribution in [0.4, 0.5) is 0 Å². The molecular weight excluding hydrogens is 383 g/mol. The Morgan fingerprint density at radius 2 is 0.931 bits per heavy atom. The van der Waals surface area contributed by atoms with Crippen LogP contribution >= 0.6 is 0 Å². The molecule has 152 valence electrons. The van der Waals surface area contributed by atoms with E-state index < -0.39 is 14.4 Å². The van der Waals surface area contributed by atoms with Crippen molar-refractivity contribution in [1.82, 2.24) is 9.80 Å². The molecular formula is C22H26AlN2O4-. The first kappa shape index (κ1) is 18.5. The second kappa shape index (κ2) is 7.45. The highest BCUT2D eigenvalue weighted by Gasteiger charge is 2.65. The molecule has 2 aromatic rings. The van der Waals surface area contributed by atoms with Crippen LogP contribution in [0.25, 0.3) is 0 Å². The third-order valence-electron chi connectivity index (χ3n) is 6.45. The van der Waals surface area contributed by atoms with Crippen molar-refractivity contribution in [2.24, 2.45) is 0 Å². The van der Waals surface area contributed by atoms with E-state index in [-0.39, 0.29) is 24.4 Å². The largest absolute Gasteiger partial charge is 0.876 e. The molecule has 4 fully saturated rings. The predicted molar refractivity (Wildman–Crippen MR) is 109 cm³/mol. The van der Waals surface area contributed by atoms with Crippen molar-refractivity contribution >= 4 is 14.4 Å². The molecule has 0 N–H and O–H groups in total. The molecule has 4 saturated heterocycles. The zero-order valence-corrected chi connectivity index (χ0v) is 17.6. The molecule has 4 aliphatic heterocycles. The lowest BCUT2D eigenvalue weighted by Gasteiger charge is -2.29. The Kier molecular flexibility index (Phi) is 4.75. The summed E-state index contributed by atoms with van der Waals surface area (Å²) in [5, 5.41) is 0. The summed E-state index contributed by atoms with van der Waals surface area (Å²) in [6.45, 7) is 5.37. The van der Waals surface area contributed by atoms with Crippen LogP contribution in [0.3, 0.4) is 0 Å². The van der Waals surface area contributed by atoms with Gasteiger partial charge in [-0.2, -0.15) is 0 Å². The molecule has 1 spiro atoms. The molecule has 0 amide bonds. The van der Waals surface area contributed by atoms with E-state index in [1.807, 2.05) is 0 Å². The molecule has 0 radical (unpaired) electrons. The van der Waals surface area contributed by atoms with Crippen LogP contribution in [-0.2, 0) is 28.2 Å². The quantitative estimate of drug-likeness (QED) is 0.720. The smallest absolute Gasteiger partial charge is 0.582 e. The van der Waals surface area contributed by atoms with E-state index in [0.29, 0.717) is 0 Å². The number of hydrogen-bond donors (Lipinski definition) is 0. The number of nitrogens with zero attached hydrogens (tertiary/aromatic N) is 2. The van der Waals surface area contributed by atoms with Gasteiger partial charge in [-0.25, -0.2) is 0 Å². The fourth-order valence-corrected chi connectivity index (χ4v) is 8.29. The van der Waals surface area contributed by atoms with Crippen LogP contribution in [0, 0.1) is 0 Å². The maximum atomic E-state index is 6.33. The van der Waals surface area contributed by atoms with Crippen LogP contribution in [0.1, 0.15) is 11.1 Å². The number of hydrogen-bond acceptors (Lipinski definition) is 6. The van der Waals surface area contributed by atoms with Crippen molar-refractivity contribution < 1.29 is 15.2 Å². The number of benzene rings is 2. The Hall–Kier alpha value is -1.27. The van der Waals surface area contributed by atoms with Crippen LogP contribution < -0.4 is 0 Å². The van der Waals surface area contributed by atoms with Gasteiger partial charge in [0.15, 0.2) is 0 Å². The van der Waals surface area contributed by atoms with E-state index in [4.69, 9.17) is 15.2 Å². The van der Waals surface area contributed by atoms with Crippen molar-refractivity contribution in [1.29, 1.82) is 0 Å². The molecule has 4 atom stereocenters. The first-order valence-corrected chi connectivity index (χ1v) is 12.5. The Bertz CT molecular complexity index is 751. The van der Waals surface area contributed by atoms with Gasteiger partial charge >= 0.3 is 14.4 Å². The first-order chi connectivity index (χ1) is 14.2. The van der Waals surface area contributed by atoms with Crippen LogP contribution in [0.2, 0.25) is 0 Å². The highest BCUT2D eigenvalue weighted by atomic mass is 27.3. The van der Waals surface area contributed by atoms with Gasteiger partial charge in [0.2, 0.25) is 0 Å². The molecule has 0 bridgehead atoms. The Balaban J connectivity index is 1.03. The summed E-state index contributed by atoms with van der Waals surface area (Å²) in [5.74, 6) is 0. The Morgan fingerprint density at radius 3 is 1.28 bits per heavy atom. The summed E-state index contributed by atoms with van der Waals surface area (Å²) in [6.07, 6.45) is 0.289. The van der Waals surface area contributed by atoms with Gasteiger partial charge in [0, 0.05) is 63.7 Å². The second-order valence-electron chi connectivity index (χ2n) is 8.63. The lowest BCUT2D eigenvalue weighted by Crippen LogP contribution is -2.45. The number of rotatable bonds is 4. The van der Waals surface area contributed by atoms with Gasteiger partial charge in [0.25, 0.3) is 0 Å².